The summed E-state index contributed by atoms with van der Waals surface area (Å²) in [6.07, 6.45) is 0. The van der Waals surface area contributed by atoms with Gasteiger partial charge < -0.3 is 4.90 Å². The Kier molecular flexibility index (Phi) is 5.52. The zero-order valence-electron chi connectivity index (χ0n) is 11.6. The molecule has 0 bridgehead atoms. The lowest BCUT2D eigenvalue weighted by Crippen LogP contribution is -2.29. The van der Waals surface area contributed by atoms with E-state index in [1.807, 2.05) is 37.3 Å². The van der Waals surface area contributed by atoms with Gasteiger partial charge >= 0.3 is 0 Å². The van der Waals surface area contributed by atoms with Crippen LogP contribution in [-0.4, -0.2) is 17.9 Å². The van der Waals surface area contributed by atoms with Crippen molar-refractivity contribution in [1.82, 2.24) is 4.90 Å². The second-order valence-electron chi connectivity index (χ2n) is 4.77. The Hall–Kier alpha value is -0.780. The average molecular weight is 434 g/mol. The minimum Gasteiger partial charge on any atom is -0.335 e. The number of hydrogen-bond acceptors (Lipinski definition) is 1. The van der Waals surface area contributed by atoms with E-state index in [-0.39, 0.29) is 11.9 Å². The third kappa shape index (κ3) is 3.90. The van der Waals surface area contributed by atoms with E-state index in [1.54, 1.807) is 24.1 Å². The normalized spacial score (nSPS) is 12.0. The molecule has 0 aliphatic rings. The van der Waals surface area contributed by atoms with Crippen LogP contribution in [0, 0.1) is 3.57 Å². The van der Waals surface area contributed by atoms with E-state index in [0.717, 1.165) is 9.13 Å². The van der Waals surface area contributed by atoms with Crippen LogP contribution in [0.15, 0.2) is 42.5 Å². The van der Waals surface area contributed by atoms with Gasteiger partial charge in [-0.2, -0.15) is 0 Å². The van der Waals surface area contributed by atoms with Gasteiger partial charge in [0.2, 0.25) is 0 Å². The SMILES string of the molecule is CC(c1ccc(Cl)cc1)N(C)C(=O)c1ccc(I)c(Cl)c1. The molecule has 2 aromatic rings. The van der Waals surface area contributed by atoms with Crippen LogP contribution in [-0.2, 0) is 0 Å². The first-order valence-corrected chi connectivity index (χ1v) is 8.21. The molecule has 2 nitrogen and oxygen atoms in total. The molecule has 0 fully saturated rings. The molecule has 0 saturated heterocycles. The van der Waals surface area contributed by atoms with E-state index in [9.17, 15) is 4.79 Å². The summed E-state index contributed by atoms with van der Waals surface area (Å²) >= 11 is 14.1. The molecule has 2 rings (SSSR count). The first kappa shape index (κ1) is 16.6. The Labute approximate surface area is 148 Å². The quantitative estimate of drug-likeness (QED) is 0.591. The first-order chi connectivity index (χ1) is 9.90. The van der Waals surface area contributed by atoms with Crippen molar-refractivity contribution in [2.24, 2.45) is 0 Å². The zero-order valence-corrected chi connectivity index (χ0v) is 15.3. The van der Waals surface area contributed by atoms with Crippen molar-refractivity contribution in [1.29, 1.82) is 0 Å². The van der Waals surface area contributed by atoms with E-state index in [1.165, 1.54) is 0 Å². The number of carbonyl (C=O) groups excluding carboxylic acids is 1. The Morgan fingerprint density at radius 3 is 2.33 bits per heavy atom. The summed E-state index contributed by atoms with van der Waals surface area (Å²) in [6.45, 7) is 1.98. The molecule has 1 unspecified atom stereocenters. The van der Waals surface area contributed by atoms with Crippen LogP contribution in [0.5, 0.6) is 0 Å². The molecular formula is C16H14Cl2INO. The molecule has 0 radical (unpaired) electrons. The molecule has 0 spiro atoms. The topological polar surface area (TPSA) is 20.3 Å². The summed E-state index contributed by atoms with van der Waals surface area (Å²) < 4.78 is 0.930. The van der Waals surface area contributed by atoms with Gasteiger partial charge in [-0.3, -0.25) is 4.79 Å². The van der Waals surface area contributed by atoms with E-state index >= 15 is 0 Å². The van der Waals surface area contributed by atoms with Crippen molar-refractivity contribution in [3.63, 3.8) is 0 Å². The van der Waals surface area contributed by atoms with E-state index < -0.39 is 0 Å². The molecule has 1 atom stereocenters. The molecule has 0 heterocycles. The molecule has 0 saturated carbocycles. The molecule has 0 aliphatic carbocycles. The number of amides is 1. The highest BCUT2D eigenvalue weighted by atomic mass is 127. The Morgan fingerprint density at radius 2 is 1.76 bits per heavy atom. The van der Waals surface area contributed by atoms with Crippen LogP contribution in [0.3, 0.4) is 0 Å². The highest BCUT2D eigenvalue weighted by Crippen LogP contribution is 2.24. The van der Waals surface area contributed by atoms with Crippen molar-refractivity contribution < 1.29 is 4.79 Å². The van der Waals surface area contributed by atoms with E-state index in [0.29, 0.717) is 15.6 Å². The fraction of sp³-hybridized carbons (Fsp3) is 0.188. The number of benzene rings is 2. The molecule has 2 aromatic carbocycles. The van der Waals surface area contributed by atoms with Crippen molar-refractivity contribution >= 4 is 51.7 Å². The average Bonchev–Trinajstić information content (AvgIpc) is 2.48. The molecule has 1 amide bonds. The molecule has 0 aliphatic heterocycles. The van der Waals surface area contributed by atoms with Crippen LogP contribution >= 0.6 is 45.8 Å². The summed E-state index contributed by atoms with van der Waals surface area (Å²) in [5.74, 6) is -0.0595. The van der Waals surface area contributed by atoms with E-state index in [4.69, 9.17) is 23.2 Å². The lowest BCUT2D eigenvalue weighted by molar-refractivity contribution is 0.0742. The fourth-order valence-corrected chi connectivity index (χ4v) is 2.62. The fourth-order valence-electron chi connectivity index (χ4n) is 1.97. The van der Waals surface area contributed by atoms with Gasteiger partial charge in [-0.05, 0) is 65.4 Å². The lowest BCUT2D eigenvalue weighted by Gasteiger charge is -2.25. The largest absolute Gasteiger partial charge is 0.335 e. The van der Waals surface area contributed by atoms with Crippen molar-refractivity contribution in [2.45, 2.75) is 13.0 Å². The van der Waals surface area contributed by atoms with Gasteiger partial charge in [-0.15, -0.1) is 0 Å². The summed E-state index contributed by atoms with van der Waals surface area (Å²) in [6, 6.07) is 12.8. The Balaban J connectivity index is 2.21. The maximum absolute atomic E-state index is 12.5. The lowest BCUT2D eigenvalue weighted by atomic mass is 10.1. The van der Waals surface area contributed by atoms with Gasteiger partial charge in [-0.1, -0.05) is 35.3 Å². The summed E-state index contributed by atoms with van der Waals surface area (Å²) in [5.41, 5.74) is 1.62. The minimum absolute atomic E-state index is 0.0483. The maximum atomic E-state index is 12.5. The van der Waals surface area contributed by atoms with Crippen LogP contribution in [0.1, 0.15) is 28.9 Å². The summed E-state index contributed by atoms with van der Waals surface area (Å²) in [5, 5.41) is 1.28. The van der Waals surface area contributed by atoms with Crippen LogP contribution < -0.4 is 0 Å². The monoisotopic (exact) mass is 433 g/mol. The molecular weight excluding hydrogens is 420 g/mol. The molecule has 5 heteroatoms. The standard InChI is InChI=1S/C16H14Cl2INO/c1-10(11-3-6-13(17)7-4-11)20(2)16(21)12-5-8-15(19)14(18)9-12/h3-10H,1-2H3. The third-order valence-electron chi connectivity index (χ3n) is 3.42. The predicted molar refractivity (Wildman–Crippen MR) is 96.1 cm³/mol. The van der Waals surface area contributed by atoms with Crippen molar-refractivity contribution in [3.8, 4) is 0 Å². The smallest absolute Gasteiger partial charge is 0.254 e. The summed E-state index contributed by atoms with van der Waals surface area (Å²) in [7, 11) is 1.79. The third-order valence-corrected chi connectivity index (χ3v) is 5.24. The number of carbonyl (C=O) groups is 1. The van der Waals surface area contributed by atoms with Gasteiger partial charge in [-0.25, -0.2) is 0 Å². The molecule has 0 aromatic heterocycles. The molecule has 0 N–H and O–H groups in total. The van der Waals surface area contributed by atoms with Gasteiger partial charge in [0.25, 0.3) is 5.91 Å². The molecule has 110 valence electrons. The second kappa shape index (κ2) is 6.99. The first-order valence-electron chi connectivity index (χ1n) is 6.38. The maximum Gasteiger partial charge on any atom is 0.254 e. The van der Waals surface area contributed by atoms with Crippen LogP contribution in [0.4, 0.5) is 0 Å². The number of hydrogen-bond donors (Lipinski definition) is 0. The number of nitrogens with zero attached hydrogens (tertiary/aromatic N) is 1. The highest BCUT2D eigenvalue weighted by molar-refractivity contribution is 14.1. The zero-order chi connectivity index (χ0) is 15.6. The van der Waals surface area contributed by atoms with Gasteiger partial charge in [0.05, 0.1) is 11.1 Å². The number of halogens is 3. The Bertz CT molecular complexity index is 658. The van der Waals surface area contributed by atoms with Crippen molar-refractivity contribution in [3.05, 3.63) is 67.2 Å². The van der Waals surface area contributed by atoms with Gasteiger partial charge in [0.1, 0.15) is 0 Å². The van der Waals surface area contributed by atoms with Crippen LogP contribution in [0.2, 0.25) is 10.0 Å². The van der Waals surface area contributed by atoms with E-state index in [2.05, 4.69) is 22.6 Å². The summed E-state index contributed by atoms with van der Waals surface area (Å²) in [4.78, 5) is 14.2. The molecule has 21 heavy (non-hydrogen) atoms. The Morgan fingerprint density at radius 1 is 1.14 bits per heavy atom. The minimum atomic E-state index is -0.0595. The van der Waals surface area contributed by atoms with Gasteiger partial charge in [0, 0.05) is 21.2 Å². The van der Waals surface area contributed by atoms with Gasteiger partial charge in [0.15, 0.2) is 0 Å². The second-order valence-corrected chi connectivity index (χ2v) is 6.78. The highest BCUT2D eigenvalue weighted by Gasteiger charge is 2.19. The number of rotatable bonds is 3. The predicted octanol–water partition coefficient (Wildman–Crippen LogP) is 5.43. The van der Waals surface area contributed by atoms with Crippen LogP contribution in [0.25, 0.3) is 0 Å². The van der Waals surface area contributed by atoms with Crippen molar-refractivity contribution in [2.75, 3.05) is 7.05 Å².